The molecule has 0 N–H and O–H groups in total. The van der Waals surface area contributed by atoms with Crippen LogP contribution in [0.2, 0.25) is 0 Å². The van der Waals surface area contributed by atoms with Gasteiger partial charge in [0.05, 0.1) is 11.4 Å². The van der Waals surface area contributed by atoms with E-state index in [0.717, 1.165) is 41.8 Å². The molecule has 0 aromatic heterocycles. The van der Waals surface area contributed by atoms with E-state index in [1.165, 1.54) is 5.56 Å². The minimum absolute atomic E-state index is 0.116. The summed E-state index contributed by atoms with van der Waals surface area (Å²) in [6.45, 7) is 4.21. The number of anilines is 1. The second-order valence-corrected chi connectivity index (χ2v) is 6.23. The van der Waals surface area contributed by atoms with Crippen LogP contribution in [-0.2, 0) is 11.2 Å². The van der Waals surface area contributed by atoms with Gasteiger partial charge in [-0.05, 0) is 30.9 Å². The molecule has 2 aromatic rings. The molecule has 1 aliphatic carbocycles. The van der Waals surface area contributed by atoms with Gasteiger partial charge >= 0.3 is 0 Å². The number of rotatable bonds is 3. The van der Waals surface area contributed by atoms with E-state index in [1.807, 2.05) is 30.3 Å². The molecule has 0 atom stereocenters. The highest BCUT2D eigenvalue weighted by molar-refractivity contribution is 6.54. The SMILES string of the molecule is C=CCN1C(=O)/C(=N/N=C2\CCCc3ccccc32)c2ccccc21. The monoisotopic (exact) mass is 329 g/mol. The summed E-state index contributed by atoms with van der Waals surface area (Å²) < 4.78 is 0. The molecule has 25 heavy (non-hydrogen) atoms. The third-order valence-corrected chi connectivity index (χ3v) is 4.67. The molecule has 2 aliphatic rings. The first kappa shape index (κ1) is 15.5. The zero-order chi connectivity index (χ0) is 17.2. The van der Waals surface area contributed by atoms with Gasteiger partial charge in [0.1, 0.15) is 0 Å². The Labute approximate surface area is 147 Å². The third kappa shape index (κ3) is 2.70. The third-order valence-electron chi connectivity index (χ3n) is 4.67. The lowest BCUT2D eigenvalue weighted by molar-refractivity contribution is -0.112. The fraction of sp³-hybridized carbons (Fsp3) is 0.190. The van der Waals surface area contributed by atoms with Gasteiger partial charge in [-0.1, -0.05) is 48.5 Å². The number of aryl methyl sites for hydroxylation is 1. The van der Waals surface area contributed by atoms with Crippen molar-refractivity contribution in [3.63, 3.8) is 0 Å². The molecule has 2 aromatic carbocycles. The number of nitrogens with zero attached hydrogens (tertiary/aromatic N) is 3. The second-order valence-electron chi connectivity index (χ2n) is 6.23. The Morgan fingerprint density at radius 1 is 1.00 bits per heavy atom. The van der Waals surface area contributed by atoms with Gasteiger partial charge in [0.2, 0.25) is 0 Å². The van der Waals surface area contributed by atoms with Crippen molar-refractivity contribution in [1.82, 2.24) is 0 Å². The zero-order valence-electron chi connectivity index (χ0n) is 14.0. The Hall–Kier alpha value is -3.01. The number of benzene rings is 2. The van der Waals surface area contributed by atoms with Crippen LogP contribution in [0.4, 0.5) is 5.69 Å². The molecule has 4 heteroatoms. The van der Waals surface area contributed by atoms with Crippen LogP contribution in [0.15, 0.2) is 71.4 Å². The molecule has 0 radical (unpaired) electrons. The van der Waals surface area contributed by atoms with Gasteiger partial charge < -0.3 is 4.90 Å². The molecule has 4 rings (SSSR count). The van der Waals surface area contributed by atoms with Gasteiger partial charge in [0, 0.05) is 17.7 Å². The first-order chi connectivity index (χ1) is 12.3. The molecule has 4 nitrogen and oxygen atoms in total. The van der Waals surface area contributed by atoms with E-state index in [-0.39, 0.29) is 5.91 Å². The maximum absolute atomic E-state index is 12.7. The van der Waals surface area contributed by atoms with Gasteiger partial charge in [-0.15, -0.1) is 11.7 Å². The summed E-state index contributed by atoms with van der Waals surface area (Å²) >= 11 is 0. The van der Waals surface area contributed by atoms with Crippen molar-refractivity contribution >= 4 is 23.0 Å². The molecular weight excluding hydrogens is 310 g/mol. The molecule has 0 saturated heterocycles. The summed E-state index contributed by atoms with van der Waals surface area (Å²) in [5.41, 5.74) is 5.53. The van der Waals surface area contributed by atoms with Crippen molar-refractivity contribution in [3.05, 3.63) is 77.9 Å². The average molecular weight is 329 g/mol. The fourth-order valence-corrected chi connectivity index (χ4v) is 3.48. The van der Waals surface area contributed by atoms with Crippen molar-refractivity contribution < 1.29 is 4.79 Å². The van der Waals surface area contributed by atoms with Crippen LogP contribution in [0.1, 0.15) is 29.5 Å². The van der Waals surface area contributed by atoms with Crippen molar-refractivity contribution in [2.45, 2.75) is 19.3 Å². The highest BCUT2D eigenvalue weighted by atomic mass is 16.2. The minimum atomic E-state index is -0.116. The number of carbonyl (C=O) groups is 1. The van der Waals surface area contributed by atoms with E-state index >= 15 is 0 Å². The Bertz CT molecular complexity index is 911. The van der Waals surface area contributed by atoms with Crippen LogP contribution < -0.4 is 4.90 Å². The number of hydrogen-bond donors (Lipinski definition) is 0. The maximum Gasteiger partial charge on any atom is 0.279 e. The van der Waals surface area contributed by atoms with Gasteiger partial charge in [-0.25, -0.2) is 0 Å². The molecular formula is C21H19N3O. The summed E-state index contributed by atoms with van der Waals surface area (Å²) in [5.74, 6) is -0.116. The molecule has 0 spiro atoms. The van der Waals surface area contributed by atoms with Crippen LogP contribution >= 0.6 is 0 Å². The first-order valence-corrected chi connectivity index (χ1v) is 8.54. The van der Waals surface area contributed by atoms with Crippen molar-refractivity contribution in [3.8, 4) is 0 Å². The largest absolute Gasteiger partial charge is 0.302 e. The van der Waals surface area contributed by atoms with Gasteiger partial charge in [0.25, 0.3) is 5.91 Å². The van der Waals surface area contributed by atoms with E-state index in [1.54, 1.807) is 11.0 Å². The second kappa shape index (κ2) is 6.48. The molecule has 124 valence electrons. The van der Waals surface area contributed by atoms with E-state index < -0.39 is 0 Å². The standard InChI is InChI=1S/C21H19N3O/c1-2-14-24-19-13-6-5-11-17(19)20(21(24)25)23-22-18-12-7-9-15-8-3-4-10-16(15)18/h2-6,8,10-11,13H,1,7,9,12,14H2/b22-18+,23-20+. The molecule has 1 heterocycles. The van der Waals surface area contributed by atoms with Crippen molar-refractivity contribution in [2.24, 2.45) is 10.2 Å². The predicted molar refractivity (Wildman–Crippen MR) is 101 cm³/mol. The zero-order valence-corrected chi connectivity index (χ0v) is 14.0. The quantitative estimate of drug-likeness (QED) is 0.625. The highest BCUT2D eigenvalue weighted by Gasteiger charge is 2.33. The Morgan fingerprint density at radius 3 is 2.60 bits per heavy atom. The van der Waals surface area contributed by atoms with Crippen LogP contribution in [0, 0.1) is 0 Å². The highest BCUT2D eigenvalue weighted by Crippen LogP contribution is 2.29. The van der Waals surface area contributed by atoms with Crippen molar-refractivity contribution in [1.29, 1.82) is 0 Å². The van der Waals surface area contributed by atoms with Crippen LogP contribution in [0.5, 0.6) is 0 Å². The summed E-state index contributed by atoms with van der Waals surface area (Å²) in [7, 11) is 0. The van der Waals surface area contributed by atoms with E-state index in [9.17, 15) is 4.79 Å². The molecule has 0 bridgehead atoms. The van der Waals surface area contributed by atoms with Crippen molar-refractivity contribution in [2.75, 3.05) is 11.4 Å². The molecule has 0 saturated carbocycles. The molecule has 0 unspecified atom stereocenters. The van der Waals surface area contributed by atoms with Crippen LogP contribution in [-0.4, -0.2) is 23.9 Å². The summed E-state index contributed by atoms with van der Waals surface area (Å²) in [5, 5.41) is 8.86. The van der Waals surface area contributed by atoms with Gasteiger partial charge in [0.15, 0.2) is 5.71 Å². The Morgan fingerprint density at radius 2 is 1.76 bits per heavy atom. The number of carbonyl (C=O) groups excluding carboxylic acids is 1. The number of para-hydroxylation sites is 1. The summed E-state index contributed by atoms with van der Waals surface area (Å²) in [6.07, 6.45) is 4.75. The van der Waals surface area contributed by atoms with E-state index in [4.69, 9.17) is 0 Å². The van der Waals surface area contributed by atoms with Gasteiger partial charge in [-0.3, -0.25) is 4.79 Å². The van der Waals surface area contributed by atoms with Crippen LogP contribution in [0.3, 0.4) is 0 Å². The normalized spacial score (nSPS) is 19.2. The number of fused-ring (bicyclic) bond motifs is 2. The number of hydrogen-bond acceptors (Lipinski definition) is 3. The smallest absolute Gasteiger partial charge is 0.279 e. The fourth-order valence-electron chi connectivity index (χ4n) is 3.48. The summed E-state index contributed by atoms with van der Waals surface area (Å²) in [6, 6.07) is 16.0. The topological polar surface area (TPSA) is 45.0 Å². The maximum atomic E-state index is 12.7. The summed E-state index contributed by atoms with van der Waals surface area (Å²) in [4.78, 5) is 14.4. The lowest BCUT2D eigenvalue weighted by atomic mass is 9.90. The van der Waals surface area contributed by atoms with Gasteiger partial charge in [-0.2, -0.15) is 5.10 Å². The molecule has 0 fully saturated rings. The van der Waals surface area contributed by atoms with E-state index in [2.05, 4.69) is 35.0 Å². The Balaban J connectivity index is 1.75. The lowest BCUT2D eigenvalue weighted by Gasteiger charge is -2.16. The average Bonchev–Trinajstić information content (AvgIpc) is 2.92. The molecule has 1 amide bonds. The lowest BCUT2D eigenvalue weighted by Crippen LogP contribution is -2.30. The predicted octanol–water partition coefficient (Wildman–Crippen LogP) is 3.75. The van der Waals surface area contributed by atoms with Crippen LogP contribution in [0.25, 0.3) is 0 Å². The van der Waals surface area contributed by atoms with E-state index in [0.29, 0.717) is 12.3 Å². The molecule has 1 aliphatic heterocycles. The Kier molecular flexibility index (Phi) is 4.02. The first-order valence-electron chi connectivity index (χ1n) is 8.54. The minimum Gasteiger partial charge on any atom is -0.302 e. The number of amides is 1.